The molecule has 108 valence electrons. The van der Waals surface area contributed by atoms with Gasteiger partial charge < -0.3 is 9.47 Å². The number of nitrogens with zero attached hydrogens (tertiary/aromatic N) is 2. The van der Waals surface area contributed by atoms with Gasteiger partial charge in [0, 0.05) is 31.1 Å². The molecule has 1 amide bonds. The van der Waals surface area contributed by atoms with Gasteiger partial charge in [0.15, 0.2) is 0 Å². The molecule has 1 aromatic carbocycles. The molecular weight excluding hydrogens is 267 g/mol. The van der Waals surface area contributed by atoms with E-state index in [1.807, 2.05) is 30.2 Å². The van der Waals surface area contributed by atoms with Crippen LogP contribution in [0.5, 0.6) is 0 Å². The van der Waals surface area contributed by atoms with E-state index < -0.39 is 0 Å². The van der Waals surface area contributed by atoms with Gasteiger partial charge in [-0.1, -0.05) is 12.1 Å². The summed E-state index contributed by atoms with van der Waals surface area (Å²) in [6.07, 6.45) is 5.33. The fourth-order valence-electron chi connectivity index (χ4n) is 2.72. The molecule has 2 aromatic rings. The summed E-state index contributed by atoms with van der Waals surface area (Å²) < 4.78 is 15.0. The summed E-state index contributed by atoms with van der Waals surface area (Å²) in [5, 5.41) is 0. The number of hydrogen-bond donors (Lipinski definition) is 0. The molecule has 0 saturated carbocycles. The largest absolute Gasteiger partial charge is 0.348 e. The first-order chi connectivity index (χ1) is 10.1. The molecule has 0 fully saturated rings. The standard InChI is InChI=1S/C17H17FN2O/c1-13-16-3-2-10-19(16)11-12-20(13)17(21)9-6-14-4-7-15(18)8-5-14/h2-10,13H,11-12H2,1H3/b9-6+. The maximum atomic E-state index is 12.8. The van der Waals surface area contributed by atoms with Crippen LogP contribution in [0.3, 0.4) is 0 Å². The van der Waals surface area contributed by atoms with Gasteiger partial charge in [-0.05, 0) is 42.8 Å². The molecular formula is C17H17FN2O. The summed E-state index contributed by atoms with van der Waals surface area (Å²) in [6, 6.07) is 10.2. The van der Waals surface area contributed by atoms with Crippen LogP contribution in [-0.2, 0) is 11.3 Å². The predicted octanol–water partition coefficient (Wildman–Crippen LogP) is 3.24. The number of carbonyl (C=O) groups is 1. The molecule has 3 rings (SSSR count). The molecule has 1 aliphatic heterocycles. The summed E-state index contributed by atoms with van der Waals surface area (Å²) >= 11 is 0. The van der Waals surface area contributed by atoms with Gasteiger partial charge in [-0.2, -0.15) is 0 Å². The molecule has 0 spiro atoms. The van der Waals surface area contributed by atoms with Crippen LogP contribution in [0, 0.1) is 5.82 Å². The highest BCUT2D eigenvalue weighted by atomic mass is 19.1. The molecule has 1 atom stereocenters. The van der Waals surface area contributed by atoms with E-state index >= 15 is 0 Å². The van der Waals surface area contributed by atoms with Gasteiger partial charge in [-0.25, -0.2) is 4.39 Å². The lowest BCUT2D eigenvalue weighted by Gasteiger charge is -2.34. The zero-order valence-corrected chi connectivity index (χ0v) is 11.9. The van der Waals surface area contributed by atoms with Gasteiger partial charge in [0.1, 0.15) is 5.82 Å². The summed E-state index contributed by atoms with van der Waals surface area (Å²) in [6.45, 7) is 3.56. The normalized spacial score (nSPS) is 18.0. The van der Waals surface area contributed by atoms with Crippen molar-refractivity contribution in [3.05, 3.63) is 65.7 Å². The first-order valence-corrected chi connectivity index (χ1v) is 7.04. The zero-order valence-electron chi connectivity index (χ0n) is 11.9. The van der Waals surface area contributed by atoms with Crippen molar-refractivity contribution >= 4 is 12.0 Å². The van der Waals surface area contributed by atoms with Crippen LogP contribution in [-0.4, -0.2) is 21.9 Å². The van der Waals surface area contributed by atoms with Crippen molar-refractivity contribution in [2.75, 3.05) is 6.54 Å². The van der Waals surface area contributed by atoms with Gasteiger partial charge in [0.2, 0.25) is 5.91 Å². The van der Waals surface area contributed by atoms with Crippen molar-refractivity contribution in [1.82, 2.24) is 9.47 Å². The van der Waals surface area contributed by atoms with Crippen molar-refractivity contribution in [1.29, 1.82) is 0 Å². The van der Waals surface area contributed by atoms with E-state index in [1.54, 1.807) is 24.3 Å². The summed E-state index contributed by atoms with van der Waals surface area (Å²) in [4.78, 5) is 14.2. The SMILES string of the molecule is CC1c2cccn2CCN1C(=O)/C=C/c1ccc(F)cc1. The van der Waals surface area contributed by atoms with Crippen molar-refractivity contribution < 1.29 is 9.18 Å². The second-order valence-corrected chi connectivity index (χ2v) is 5.22. The average Bonchev–Trinajstić information content (AvgIpc) is 2.96. The van der Waals surface area contributed by atoms with Crippen molar-refractivity contribution in [3.8, 4) is 0 Å². The number of carbonyl (C=O) groups excluding carboxylic acids is 1. The van der Waals surface area contributed by atoms with E-state index in [1.165, 1.54) is 12.1 Å². The van der Waals surface area contributed by atoms with E-state index in [4.69, 9.17) is 0 Å². The van der Waals surface area contributed by atoms with Crippen molar-refractivity contribution in [2.24, 2.45) is 0 Å². The Bertz CT molecular complexity index is 672. The Morgan fingerprint density at radius 2 is 2.00 bits per heavy atom. The molecule has 4 heteroatoms. The number of rotatable bonds is 2. The molecule has 0 saturated heterocycles. The maximum absolute atomic E-state index is 12.8. The Morgan fingerprint density at radius 3 is 2.76 bits per heavy atom. The predicted molar refractivity (Wildman–Crippen MR) is 80.0 cm³/mol. The highest BCUT2D eigenvalue weighted by molar-refractivity contribution is 5.92. The monoisotopic (exact) mass is 284 g/mol. The Balaban J connectivity index is 1.73. The summed E-state index contributed by atoms with van der Waals surface area (Å²) in [7, 11) is 0. The molecule has 1 aromatic heterocycles. The summed E-state index contributed by atoms with van der Waals surface area (Å²) in [5.41, 5.74) is 1.97. The minimum Gasteiger partial charge on any atom is -0.348 e. The minimum atomic E-state index is -0.274. The molecule has 21 heavy (non-hydrogen) atoms. The summed E-state index contributed by atoms with van der Waals surface area (Å²) in [5.74, 6) is -0.289. The third kappa shape index (κ3) is 2.75. The third-order valence-electron chi connectivity index (χ3n) is 3.91. The fraction of sp³-hybridized carbons (Fsp3) is 0.235. The van der Waals surface area contributed by atoms with E-state index in [-0.39, 0.29) is 17.8 Å². The lowest BCUT2D eigenvalue weighted by Crippen LogP contribution is -2.39. The van der Waals surface area contributed by atoms with Gasteiger partial charge >= 0.3 is 0 Å². The second-order valence-electron chi connectivity index (χ2n) is 5.22. The highest BCUT2D eigenvalue weighted by Gasteiger charge is 2.25. The highest BCUT2D eigenvalue weighted by Crippen LogP contribution is 2.25. The number of fused-ring (bicyclic) bond motifs is 1. The average molecular weight is 284 g/mol. The van der Waals surface area contributed by atoms with Crippen molar-refractivity contribution in [3.63, 3.8) is 0 Å². The van der Waals surface area contributed by atoms with Gasteiger partial charge in [-0.15, -0.1) is 0 Å². The van der Waals surface area contributed by atoms with Gasteiger partial charge in [-0.3, -0.25) is 4.79 Å². The van der Waals surface area contributed by atoms with E-state index in [0.29, 0.717) is 6.54 Å². The van der Waals surface area contributed by atoms with E-state index in [0.717, 1.165) is 17.8 Å². The Hall–Kier alpha value is -2.36. The Labute approximate surface area is 123 Å². The van der Waals surface area contributed by atoms with Crippen molar-refractivity contribution in [2.45, 2.75) is 19.5 Å². The topological polar surface area (TPSA) is 25.2 Å². The second kappa shape index (κ2) is 5.56. The number of halogens is 1. The zero-order chi connectivity index (χ0) is 14.8. The number of benzene rings is 1. The number of aromatic nitrogens is 1. The number of hydrogen-bond acceptors (Lipinski definition) is 1. The molecule has 1 unspecified atom stereocenters. The van der Waals surface area contributed by atoms with E-state index in [2.05, 4.69) is 4.57 Å². The first kappa shape index (κ1) is 13.6. The molecule has 1 aliphatic rings. The number of amides is 1. The van der Waals surface area contributed by atoms with Crippen LogP contribution in [0.15, 0.2) is 48.7 Å². The van der Waals surface area contributed by atoms with Gasteiger partial charge in [0.05, 0.1) is 6.04 Å². The molecule has 2 heterocycles. The van der Waals surface area contributed by atoms with Crippen LogP contribution in [0.25, 0.3) is 6.08 Å². The maximum Gasteiger partial charge on any atom is 0.247 e. The quantitative estimate of drug-likeness (QED) is 0.777. The Morgan fingerprint density at radius 1 is 1.24 bits per heavy atom. The fourth-order valence-corrected chi connectivity index (χ4v) is 2.72. The van der Waals surface area contributed by atoms with Crippen LogP contribution in [0.4, 0.5) is 4.39 Å². The smallest absolute Gasteiger partial charge is 0.247 e. The van der Waals surface area contributed by atoms with Gasteiger partial charge in [0.25, 0.3) is 0 Å². The molecule has 0 bridgehead atoms. The Kier molecular flexibility index (Phi) is 3.60. The molecule has 3 nitrogen and oxygen atoms in total. The third-order valence-corrected chi connectivity index (χ3v) is 3.91. The lowest BCUT2D eigenvalue weighted by molar-refractivity contribution is -0.129. The van der Waals surface area contributed by atoms with Crippen LogP contribution < -0.4 is 0 Å². The van der Waals surface area contributed by atoms with Crippen LogP contribution in [0.1, 0.15) is 24.2 Å². The molecule has 0 radical (unpaired) electrons. The molecule has 0 aliphatic carbocycles. The van der Waals surface area contributed by atoms with Crippen LogP contribution in [0.2, 0.25) is 0 Å². The van der Waals surface area contributed by atoms with Crippen LogP contribution >= 0.6 is 0 Å². The lowest BCUT2D eigenvalue weighted by atomic mass is 10.1. The minimum absolute atomic E-state index is 0.0146. The van der Waals surface area contributed by atoms with E-state index in [9.17, 15) is 9.18 Å². The molecule has 0 N–H and O–H groups in total. The first-order valence-electron chi connectivity index (χ1n) is 7.04.